The van der Waals surface area contributed by atoms with Gasteiger partial charge in [-0.2, -0.15) is 0 Å². The van der Waals surface area contributed by atoms with Gasteiger partial charge in [-0.05, 0) is 12.8 Å². The summed E-state index contributed by atoms with van der Waals surface area (Å²) in [5, 5.41) is 9.15. The summed E-state index contributed by atoms with van der Waals surface area (Å²) in [7, 11) is 1.98. The summed E-state index contributed by atoms with van der Waals surface area (Å²) in [6.07, 6.45) is 5.95. The van der Waals surface area contributed by atoms with Crippen LogP contribution in [-0.4, -0.2) is 33.9 Å². The third-order valence-electron chi connectivity index (χ3n) is 2.64. The van der Waals surface area contributed by atoms with Crippen molar-refractivity contribution in [3.05, 3.63) is 12.4 Å². The molecule has 1 aliphatic rings. The average molecular weight is 181 g/mol. The minimum absolute atomic E-state index is 0.229. The smallest absolute Gasteiger partial charge is 0.205 e. The second-order valence-electron chi connectivity index (χ2n) is 3.51. The van der Waals surface area contributed by atoms with Crippen molar-refractivity contribution in [1.29, 1.82) is 0 Å². The van der Waals surface area contributed by atoms with Crippen LogP contribution in [0.15, 0.2) is 12.4 Å². The van der Waals surface area contributed by atoms with E-state index in [0.29, 0.717) is 0 Å². The summed E-state index contributed by atoms with van der Waals surface area (Å²) in [6.45, 7) is 1.24. The maximum Gasteiger partial charge on any atom is 0.205 e. The van der Waals surface area contributed by atoms with Gasteiger partial charge in [0, 0.05) is 26.0 Å². The number of aliphatic hydroxyl groups is 1. The van der Waals surface area contributed by atoms with Crippen molar-refractivity contribution in [1.82, 2.24) is 9.55 Å². The molecule has 0 radical (unpaired) electrons. The van der Waals surface area contributed by atoms with Gasteiger partial charge in [0.25, 0.3) is 0 Å². The number of hydrogen-bond donors (Lipinski definition) is 1. The van der Waals surface area contributed by atoms with Crippen LogP contribution in [0.2, 0.25) is 0 Å². The van der Waals surface area contributed by atoms with E-state index in [1.165, 1.54) is 0 Å². The normalized spacial score (nSPS) is 22.6. The van der Waals surface area contributed by atoms with Crippen molar-refractivity contribution < 1.29 is 5.11 Å². The summed E-state index contributed by atoms with van der Waals surface area (Å²) in [5.41, 5.74) is 0. The lowest BCUT2D eigenvalue weighted by molar-refractivity contribution is 0.265. The van der Waals surface area contributed by atoms with E-state index in [-0.39, 0.29) is 12.6 Å². The number of anilines is 1. The summed E-state index contributed by atoms with van der Waals surface area (Å²) in [5.74, 6) is 0.969. The zero-order valence-corrected chi connectivity index (χ0v) is 7.85. The Hall–Kier alpha value is -1.03. The first-order chi connectivity index (χ1) is 6.33. The van der Waals surface area contributed by atoms with Gasteiger partial charge in [-0.1, -0.05) is 0 Å². The van der Waals surface area contributed by atoms with Gasteiger partial charge in [0.2, 0.25) is 5.95 Å². The zero-order chi connectivity index (χ0) is 9.26. The Labute approximate surface area is 77.8 Å². The number of aliphatic hydroxyl groups excluding tert-OH is 1. The Morgan fingerprint density at radius 1 is 1.69 bits per heavy atom. The van der Waals surface area contributed by atoms with Crippen LogP contribution in [0.5, 0.6) is 0 Å². The third kappa shape index (κ3) is 1.42. The highest BCUT2D eigenvalue weighted by molar-refractivity contribution is 5.34. The van der Waals surface area contributed by atoms with Crippen molar-refractivity contribution in [2.75, 3.05) is 18.1 Å². The van der Waals surface area contributed by atoms with Crippen molar-refractivity contribution in [3.8, 4) is 0 Å². The van der Waals surface area contributed by atoms with Gasteiger partial charge in [-0.25, -0.2) is 4.98 Å². The Morgan fingerprint density at radius 3 is 3.15 bits per heavy atom. The van der Waals surface area contributed by atoms with E-state index in [4.69, 9.17) is 5.11 Å². The van der Waals surface area contributed by atoms with Crippen LogP contribution in [0.4, 0.5) is 5.95 Å². The second-order valence-corrected chi connectivity index (χ2v) is 3.51. The quantitative estimate of drug-likeness (QED) is 0.717. The number of aromatic nitrogens is 2. The zero-order valence-electron chi connectivity index (χ0n) is 7.85. The molecule has 0 amide bonds. The molecule has 2 heterocycles. The van der Waals surface area contributed by atoms with E-state index in [1.807, 2.05) is 17.8 Å². The molecule has 0 saturated carbocycles. The van der Waals surface area contributed by atoms with Crippen LogP contribution in [-0.2, 0) is 7.05 Å². The maximum atomic E-state index is 9.15. The molecule has 13 heavy (non-hydrogen) atoms. The number of imidazole rings is 1. The third-order valence-corrected chi connectivity index (χ3v) is 2.64. The minimum Gasteiger partial charge on any atom is -0.394 e. The average Bonchev–Trinajstić information content (AvgIpc) is 2.71. The lowest BCUT2D eigenvalue weighted by Gasteiger charge is -2.23. The van der Waals surface area contributed by atoms with Gasteiger partial charge < -0.3 is 14.6 Å². The van der Waals surface area contributed by atoms with Gasteiger partial charge >= 0.3 is 0 Å². The van der Waals surface area contributed by atoms with Gasteiger partial charge in [0.05, 0.1) is 12.6 Å². The SMILES string of the molecule is Cn1ccnc1N1CCCC1CO. The summed E-state index contributed by atoms with van der Waals surface area (Å²) in [6, 6.07) is 0.265. The molecule has 4 heteroatoms. The number of rotatable bonds is 2. The van der Waals surface area contributed by atoms with E-state index in [1.54, 1.807) is 6.20 Å². The van der Waals surface area contributed by atoms with Crippen molar-refractivity contribution in [2.45, 2.75) is 18.9 Å². The molecule has 1 atom stereocenters. The highest BCUT2D eigenvalue weighted by Crippen LogP contribution is 2.22. The first-order valence-electron chi connectivity index (χ1n) is 4.67. The molecule has 1 aliphatic heterocycles. The second kappa shape index (κ2) is 3.38. The molecular weight excluding hydrogens is 166 g/mol. The van der Waals surface area contributed by atoms with Crippen LogP contribution in [0.3, 0.4) is 0 Å². The minimum atomic E-state index is 0.229. The fourth-order valence-electron chi connectivity index (χ4n) is 1.92. The molecule has 1 aromatic heterocycles. The number of aryl methyl sites for hydroxylation is 1. The van der Waals surface area contributed by atoms with Crippen molar-refractivity contribution in [2.24, 2.45) is 7.05 Å². The standard InChI is InChI=1S/C9H15N3O/c1-11-6-4-10-9(11)12-5-2-3-8(12)7-13/h4,6,8,13H,2-3,5,7H2,1H3. The Balaban J connectivity index is 2.20. The molecule has 1 aromatic rings. The Kier molecular flexibility index (Phi) is 2.22. The van der Waals surface area contributed by atoms with E-state index < -0.39 is 0 Å². The van der Waals surface area contributed by atoms with Gasteiger partial charge in [0.1, 0.15) is 0 Å². The topological polar surface area (TPSA) is 41.3 Å². The highest BCUT2D eigenvalue weighted by atomic mass is 16.3. The lowest BCUT2D eigenvalue weighted by atomic mass is 10.2. The first-order valence-corrected chi connectivity index (χ1v) is 4.67. The number of nitrogens with zero attached hydrogens (tertiary/aromatic N) is 3. The van der Waals surface area contributed by atoms with Gasteiger partial charge in [0.15, 0.2) is 0 Å². The lowest BCUT2D eigenvalue weighted by Crippen LogP contribution is -2.33. The largest absolute Gasteiger partial charge is 0.394 e. The molecule has 1 saturated heterocycles. The molecule has 1 unspecified atom stereocenters. The maximum absolute atomic E-state index is 9.15. The van der Waals surface area contributed by atoms with E-state index in [0.717, 1.165) is 25.3 Å². The predicted octanol–water partition coefficient (Wildman–Crippen LogP) is 0.381. The van der Waals surface area contributed by atoms with E-state index in [2.05, 4.69) is 9.88 Å². The molecule has 0 spiro atoms. The molecular formula is C9H15N3O. The molecule has 72 valence electrons. The Bertz CT molecular complexity index is 284. The van der Waals surface area contributed by atoms with Gasteiger partial charge in [-0.3, -0.25) is 0 Å². The number of hydrogen-bond acceptors (Lipinski definition) is 3. The monoisotopic (exact) mass is 181 g/mol. The molecule has 1 N–H and O–H groups in total. The molecule has 0 bridgehead atoms. The molecule has 1 fully saturated rings. The first kappa shape index (κ1) is 8.56. The highest BCUT2D eigenvalue weighted by Gasteiger charge is 2.26. The summed E-state index contributed by atoms with van der Waals surface area (Å²) < 4.78 is 1.99. The fourth-order valence-corrected chi connectivity index (χ4v) is 1.92. The molecule has 0 aliphatic carbocycles. The van der Waals surface area contributed by atoms with Crippen LogP contribution in [0.1, 0.15) is 12.8 Å². The van der Waals surface area contributed by atoms with Gasteiger partial charge in [-0.15, -0.1) is 0 Å². The van der Waals surface area contributed by atoms with E-state index >= 15 is 0 Å². The summed E-state index contributed by atoms with van der Waals surface area (Å²) in [4.78, 5) is 6.45. The van der Waals surface area contributed by atoms with Crippen LogP contribution >= 0.6 is 0 Å². The van der Waals surface area contributed by atoms with Crippen LogP contribution in [0, 0.1) is 0 Å². The van der Waals surface area contributed by atoms with E-state index in [9.17, 15) is 0 Å². The van der Waals surface area contributed by atoms with Crippen LogP contribution in [0.25, 0.3) is 0 Å². The predicted molar refractivity (Wildman–Crippen MR) is 50.7 cm³/mol. The van der Waals surface area contributed by atoms with Crippen molar-refractivity contribution in [3.63, 3.8) is 0 Å². The molecule has 2 rings (SSSR count). The van der Waals surface area contributed by atoms with Crippen LogP contribution < -0.4 is 4.90 Å². The molecule has 0 aromatic carbocycles. The molecule has 4 nitrogen and oxygen atoms in total. The summed E-state index contributed by atoms with van der Waals surface area (Å²) >= 11 is 0. The fraction of sp³-hybridized carbons (Fsp3) is 0.667. The van der Waals surface area contributed by atoms with Crippen molar-refractivity contribution >= 4 is 5.95 Å². The Morgan fingerprint density at radius 2 is 2.54 bits per heavy atom.